The van der Waals surface area contributed by atoms with Crippen molar-refractivity contribution in [3.63, 3.8) is 0 Å². The molecule has 0 saturated heterocycles. The standard InChI is InChI=1S/C22H29FN2O2S/c1-5-12-25(22(28)24-18-10-8-16(4)19(23)14-18)15-17-9-11-20(26-6-2)21(13-17)27-7-3/h8-11,13-14H,5-7,12,15H2,1-4H3,(H,24,28). The molecule has 0 saturated carbocycles. The van der Waals surface area contributed by atoms with Gasteiger partial charge in [0.1, 0.15) is 5.82 Å². The molecule has 0 aliphatic heterocycles. The van der Waals surface area contributed by atoms with Crippen molar-refractivity contribution in [1.29, 1.82) is 0 Å². The molecule has 0 unspecified atom stereocenters. The number of benzene rings is 2. The lowest BCUT2D eigenvalue weighted by atomic mass is 10.2. The minimum absolute atomic E-state index is 0.247. The highest BCUT2D eigenvalue weighted by Crippen LogP contribution is 2.29. The van der Waals surface area contributed by atoms with E-state index in [1.807, 2.05) is 38.1 Å². The minimum Gasteiger partial charge on any atom is -0.490 e. The number of aryl methyl sites for hydroxylation is 1. The number of anilines is 1. The zero-order valence-electron chi connectivity index (χ0n) is 17.0. The molecule has 2 rings (SSSR count). The Balaban J connectivity index is 2.15. The second-order valence-electron chi connectivity index (χ2n) is 6.46. The van der Waals surface area contributed by atoms with E-state index in [0.717, 1.165) is 30.0 Å². The quantitative estimate of drug-likeness (QED) is 0.555. The highest BCUT2D eigenvalue weighted by atomic mass is 32.1. The third kappa shape index (κ3) is 6.09. The van der Waals surface area contributed by atoms with Crippen LogP contribution in [0.15, 0.2) is 36.4 Å². The molecular formula is C22H29FN2O2S. The van der Waals surface area contributed by atoms with Gasteiger partial charge in [-0.2, -0.15) is 0 Å². The Hall–Kier alpha value is -2.34. The second-order valence-corrected chi connectivity index (χ2v) is 6.85. The van der Waals surface area contributed by atoms with Gasteiger partial charge < -0.3 is 19.7 Å². The minimum atomic E-state index is -0.247. The van der Waals surface area contributed by atoms with Crippen LogP contribution >= 0.6 is 12.2 Å². The summed E-state index contributed by atoms with van der Waals surface area (Å²) in [4.78, 5) is 2.07. The average Bonchev–Trinajstić information content (AvgIpc) is 2.66. The number of halogens is 1. The first-order valence-corrected chi connectivity index (χ1v) is 10.1. The first-order valence-electron chi connectivity index (χ1n) is 9.69. The molecule has 0 aliphatic carbocycles. The van der Waals surface area contributed by atoms with Gasteiger partial charge in [-0.15, -0.1) is 0 Å². The summed E-state index contributed by atoms with van der Waals surface area (Å²) in [6, 6.07) is 11.0. The second kappa shape index (κ2) is 10.9. The fourth-order valence-electron chi connectivity index (χ4n) is 2.81. The molecule has 2 aromatic carbocycles. The van der Waals surface area contributed by atoms with Crippen LogP contribution in [0.2, 0.25) is 0 Å². The number of hydrogen-bond donors (Lipinski definition) is 1. The molecule has 0 radical (unpaired) electrons. The highest BCUT2D eigenvalue weighted by molar-refractivity contribution is 7.80. The predicted octanol–water partition coefficient (Wildman–Crippen LogP) is 5.54. The van der Waals surface area contributed by atoms with Crippen LogP contribution in [0.5, 0.6) is 11.5 Å². The zero-order valence-corrected chi connectivity index (χ0v) is 17.9. The van der Waals surface area contributed by atoms with E-state index in [1.54, 1.807) is 13.0 Å². The van der Waals surface area contributed by atoms with Crippen molar-refractivity contribution in [3.05, 3.63) is 53.3 Å². The molecule has 28 heavy (non-hydrogen) atoms. The van der Waals surface area contributed by atoms with Crippen LogP contribution in [0, 0.1) is 12.7 Å². The van der Waals surface area contributed by atoms with Gasteiger partial charge in [0.05, 0.1) is 13.2 Å². The first kappa shape index (κ1) is 22.0. The Morgan fingerprint density at radius 1 is 1.04 bits per heavy atom. The molecule has 0 aliphatic rings. The number of nitrogens with one attached hydrogen (secondary N) is 1. The van der Waals surface area contributed by atoms with Crippen molar-refractivity contribution in [3.8, 4) is 11.5 Å². The largest absolute Gasteiger partial charge is 0.490 e. The predicted molar refractivity (Wildman–Crippen MR) is 117 cm³/mol. The van der Waals surface area contributed by atoms with Crippen molar-refractivity contribution in [2.45, 2.75) is 40.7 Å². The van der Waals surface area contributed by atoms with Crippen molar-refractivity contribution < 1.29 is 13.9 Å². The van der Waals surface area contributed by atoms with Gasteiger partial charge >= 0.3 is 0 Å². The highest BCUT2D eigenvalue weighted by Gasteiger charge is 2.13. The molecular weight excluding hydrogens is 375 g/mol. The summed E-state index contributed by atoms with van der Waals surface area (Å²) in [5, 5.41) is 3.71. The molecule has 0 atom stereocenters. The molecule has 2 aromatic rings. The molecule has 0 spiro atoms. The Labute approximate surface area is 172 Å². The van der Waals surface area contributed by atoms with Crippen molar-refractivity contribution >= 4 is 23.0 Å². The molecule has 152 valence electrons. The van der Waals surface area contributed by atoms with Gasteiger partial charge in [0.2, 0.25) is 0 Å². The Kier molecular flexibility index (Phi) is 8.51. The summed E-state index contributed by atoms with van der Waals surface area (Å²) in [7, 11) is 0. The number of thiocarbonyl (C=S) groups is 1. The topological polar surface area (TPSA) is 33.7 Å². The van der Waals surface area contributed by atoms with Crippen LogP contribution in [0.4, 0.5) is 10.1 Å². The third-order valence-electron chi connectivity index (χ3n) is 4.19. The Morgan fingerprint density at radius 2 is 1.75 bits per heavy atom. The zero-order chi connectivity index (χ0) is 20.5. The molecule has 0 heterocycles. The number of hydrogen-bond acceptors (Lipinski definition) is 3. The van der Waals surface area contributed by atoms with Crippen LogP contribution in [-0.2, 0) is 6.54 Å². The lowest BCUT2D eigenvalue weighted by molar-refractivity contribution is 0.287. The van der Waals surface area contributed by atoms with E-state index in [1.165, 1.54) is 6.07 Å². The monoisotopic (exact) mass is 404 g/mol. The fourth-order valence-corrected chi connectivity index (χ4v) is 3.08. The smallest absolute Gasteiger partial charge is 0.173 e. The maximum Gasteiger partial charge on any atom is 0.173 e. The van der Waals surface area contributed by atoms with Crippen molar-refractivity contribution in [2.75, 3.05) is 25.1 Å². The summed E-state index contributed by atoms with van der Waals surface area (Å²) in [6.45, 7) is 10.3. The van der Waals surface area contributed by atoms with E-state index in [-0.39, 0.29) is 5.82 Å². The van der Waals surface area contributed by atoms with E-state index in [9.17, 15) is 4.39 Å². The third-order valence-corrected chi connectivity index (χ3v) is 4.55. The fraction of sp³-hybridized carbons (Fsp3) is 0.409. The van der Waals surface area contributed by atoms with E-state index in [4.69, 9.17) is 21.7 Å². The Bertz CT molecular complexity index is 798. The maximum atomic E-state index is 13.8. The van der Waals surface area contributed by atoms with E-state index < -0.39 is 0 Å². The molecule has 0 amide bonds. The van der Waals surface area contributed by atoms with Crippen LogP contribution in [0.1, 0.15) is 38.3 Å². The first-order chi connectivity index (χ1) is 13.5. The van der Waals surface area contributed by atoms with Gasteiger partial charge in [0.25, 0.3) is 0 Å². The van der Waals surface area contributed by atoms with Gasteiger partial charge in [0.15, 0.2) is 16.6 Å². The number of nitrogens with zero attached hydrogens (tertiary/aromatic N) is 1. The van der Waals surface area contributed by atoms with Gasteiger partial charge in [0, 0.05) is 18.8 Å². The van der Waals surface area contributed by atoms with Crippen LogP contribution < -0.4 is 14.8 Å². The van der Waals surface area contributed by atoms with Crippen LogP contribution in [0.3, 0.4) is 0 Å². The molecule has 1 N–H and O–H groups in total. The number of ether oxygens (including phenoxy) is 2. The molecule has 4 nitrogen and oxygen atoms in total. The van der Waals surface area contributed by atoms with E-state index in [0.29, 0.717) is 36.1 Å². The van der Waals surface area contributed by atoms with Gasteiger partial charge in [-0.25, -0.2) is 4.39 Å². The molecule has 0 aromatic heterocycles. The molecule has 6 heteroatoms. The maximum absolute atomic E-state index is 13.8. The van der Waals surface area contributed by atoms with Gasteiger partial charge in [-0.05, 0) is 74.8 Å². The van der Waals surface area contributed by atoms with Crippen molar-refractivity contribution in [1.82, 2.24) is 4.90 Å². The summed E-state index contributed by atoms with van der Waals surface area (Å²) in [5.41, 5.74) is 2.33. The van der Waals surface area contributed by atoms with Crippen LogP contribution in [-0.4, -0.2) is 29.8 Å². The summed E-state index contributed by atoms with van der Waals surface area (Å²) >= 11 is 5.59. The molecule has 0 bridgehead atoms. The number of rotatable bonds is 9. The average molecular weight is 405 g/mol. The summed E-state index contributed by atoms with van der Waals surface area (Å²) in [5.74, 6) is 1.23. The normalized spacial score (nSPS) is 10.5. The van der Waals surface area contributed by atoms with Gasteiger partial charge in [-0.3, -0.25) is 0 Å². The van der Waals surface area contributed by atoms with E-state index >= 15 is 0 Å². The van der Waals surface area contributed by atoms with Crippen molar-refractivity contribution in [2.24, 2.45) is 0 Å². The summed E-state index contributed by atoms with van der Waals surface area (Å²) in [6.07, 6.45) is 0.944. The molecule has 0 fully saturated rings. The van der Waals surface area contributed by atoms with E-state index in [2.05, 4.69) is 17.1 Å². The SMILES string of the molecule is CCCN(Cc1ccc(OCC)c(OCC)c1)C(=S)Nc1ccc(C)c(F)c1. The Morgan fingerprint density at radius 3 is 2.39 bits per heavy atom. The lowest BCUT2D eigenvalue weighted by Gasteiger charge is -2.26. The summed E-state index contributed by atoms with van der Waals surface area (Å²) < 4.78 is 25.2. The van der Waals surface area contributed by atoms with Gasteiger partial charge in [-0.1, -0.05) is 19.1 Å². The lowest BCUT2D eigenvalue weighted by Crippen LogP contribution is -2.34. The van der Waals surface area contributed by atoms with Crippen LogP contribution in [0.25, 0.3) is 0 Å².